The van der Waals surface area contributed by atoms with Gasteiger partial charge in [-0.3, -0.25) is 0 Å². The van der Waals surface area contributed by atoms with Crippen LogP contribution in [0, 0.1) is 0 Å². The van der Waals surface area contributed by atoms with E-state index in [9.17, 15) is 4.79 Å². The van der Waals surface area contributed by atoms with E-state index in [1.807, 2.05) is 18.2 Å². The number of carbonyl (C=O) groups excluding carboxylic acids is 1. The molecule has 1 N–H and O–H groups in total. The van der Waals surface area contributed by atoms with Gasteiger partial charge in [-0.15, -0.1) is 0 Å². The van der Waals surface area contributed by atoms with Crippen molar-refractivity contribution in [1.82, 2.24) is 5.32 Å². The van der Waals surface area contributed by atoms with E-state index in [1.165, 1.54) is 0 Å². The third kappa shape index (κ3) is 1.03. The fourth-order valence-corrected chi connectivity index (χ4v) is 1.59. The van der Waals surface area contributed by atoms with Crippen LogP contribution < -0.4 is 5.32 Å². The summed E-state index contributed by atoms with van der Waals surface area (Å²) >= 11 is 3.34. The smallest absolute Gasteiger partial charge is 0.323 e. The van der Waals surface area contributed by atoms with Crippen molar-refractivity contribution in [3.05, 3.63) is 22.7 Å². The molecular weight excluding hydrogens is 208 g/mol. The molecule has 0 aromatic rings. The van der Waals surface area contributed by atoms with E-state index < -0.39 is 0 Å². The van der Waals surface area contributed by atoms with Crippen LogP contribution in [0.5, 0.6) is 0 Å². The summed E-state index contributed by atoms with van der Waals surface area (Å²) in [7, 11) is 0. The van der Waals surface area contributed by atoms with Crippen LogP contribution in [0.15, 0.2) is 27.7 Å². The van der Waals surface area contributed by atoms with E-state index in [-0.39, 0.29) is 12.1 Å². The van der Waals surface area contributed by atoms with Gasteiger partial charge in [-0.1, -0.05) is 22.0 Å². The number of halogens is 1. The molecule has 0 saturated heterocycles. The maximum atomic E-state index is 10.8. The minimum atomic E-state index is -0.262. The Balaban J connectivity index is 2.40. The molecule has 56 valence electrons. The van der Waals surface area contributed by atoms with Gasteiger partial charge in [0.15, 0.2) is 0 Å². The number of rotatable bonds is 0. The molecule has 2 rings (SSSR count). The Labute approximate surface area is 72.0 Å². The Morgan fingerprint density at radius 1 is 1.64 bits per heavy atom. The molecule has 2 aliphatic rings. The largest absolute Gasteiger partial charge is 0.342 e. The van der Waals surface area contributed by atoms with Crippen molar-refractivity contribution in [2.45, 2.75) is 6.04 Å². The Bertz CT molecular complexity index is 304. The average molecular weight is 213 g/mol. The molecule has 0 saturated carbocycles. The fraction of sp³-hybridized carbons (Fsp3) is 0.143. The first kappa shape index (κ1) is 6.79. The molecule has 2 amide bonds. The standard InChI is InChI=1S/C7H5BrN2O/c8-4-2-1-3-5-6(4)10-7(11)9-5/h1-3,6H,(H,10,11). The zero-order valence-corrected chi connectivity index (χ0v) is 7.13. The number of urea groups is 1. The van der Waals surface area contributed by atoms with Gasteiger partial charge in [0.05, 0.1) is 5.71 Å². The van der Waals surface area contributed by atoms with E-state index in [1.54, 1.807) is 0 Å². The van der Waals surface area contributed by atoms with Crippen molar-refractivity contribution in [3.63, 3.8) is 0 Å². The van der Waals surface area contributed by atoms with Gasteiger partial charge in [0, 0.05) is 4.48 Å². The molecule has 4 heteroatoms. The van der Waals surface area contributed by atoms with Crippen LogP contribution in [-0.2, 0) is 0 Å². The van der Waals surface area contributed by atoms with Gasteiger partial charge in [0.2, 0.25) is 0 Å². The molecule has 0 aromatic carbocycles. The van der Waals surface area contributed by atoms with Crippen LogP contribution >= 0.6 is 15.9 Å². The van der Waals surface area contributed by atoms with Gasteiger partial charge in [-0.2, -0.15) is 4.99 Å². The lowest BCUT2D eigenvalue weighted by Gasteiger charge is -2.12. The molecule has 1 atom stereocenters. The number of nitrogens with zero attached hydrogens (tertiary/aromatic N) is 1. The van der Waals surface area contributed by atoms with E-state index in [2.05, 4.69) is 26.2 Å². The maximum absolute atomic E-state index is 10.8. The van der Waals surface area contributed by atoms with E-state index in [4.69, 9.17) is 0 Å². The molecule has 1 aliphatic carbocycles. The highest BCUT2D eigenvalue weighted by atomic mass is 79.9. The lowest BCUT2D eigenvalue weighted by atomic mass is 10.1. The summed E-state index contributed by atoms with van der Waals surface area (Å²) in [5.41, 5.74) is 0.782. The lowest BCUT2D eigenvalue weighted by molar-refractivity contribution is 0.251. The normalized spacial score (nSPS) is 27.4. The summed E-state index contributed by atoms with van der Waals surface area (Å²) in [5.74, 6) is 0. The summed E-state index contributed by atoms with van der Waals surface area (Å²) < 4.78 is 0.949. The summed E-state index contributed by atoms with van der Waals surface area (Å²) in [6.07, 6.45) is 5.59. The van der Waals surface area contributed by atoms with Gasteiger partial charge >= 0.3 is 6.03 Å². The second kappa shape index (κ2) is 2.30. The molecule has 0 fully saturated rings. The second-order valence-electron chi connectivity index (χ2n) is 2.33. The number of carbonyl (C=O) groups is 1. The molecule has 0 aromatic heterocycles. The number of fused-ring (bicyclic) bond motifs is 1. The molecule has 0 bridgehead atoms. The SMILES string of the molecule is O=C1N=C2C=CC=C(Br)C2N1. The minimum Gasteiger partial charge on any atom is -0.323 e. The van der Waals surface area contributed by atoms with E-state index >= 15 is 0 Å². The van der Waals surface area contributed by atoms with Gasteiger partial charge in [0.25, 0.3) is 0 Å². The van der Waals surface area contributed by atoms with Crippen LogP contribution in [0.1, 0.15) is 0 Å². The van der Waals surface area contributed by atoms with Crippen LogP contribution in [-0.4, -0.2) is 17.8 Å². The fourth-order valence-electron chi connectivity index (χ4n) is 1.09. The van der Waals surface area contributed by atoms with Crippen molar-refractivity contribution < 1.29 is 4.79 Å². The number of nitrogens with one attached hydrogen (secondary N) is 1. The third-order valence-corrected chi connectivity index (χ3v) is 2.31. The van der Waals surface area contributed by atoms with Crippen molar-refractivity contribution >= 4 is 27.7 Å². The monoisotopic (exact) mass is 212 g/mol. The number of hydrogen-bond acceptors (Lipinski definition) is 1. The molecule has 11 heavy (non-hydrogen) atoms. The molecule has 0 spiro atoms. The highest BCUT2D eigenvalue weighted by molar-refractivity contribution is 9.11. The van der Waals surface area contributed by atoms with Crippen molar-refractivity contribution in [3.8, 4) is 0 Å². The Kier molecular flexibility index (Phi) is 1.42. The first-order valence-electron chi connectivity index (χ1n) is 3.20. The Morgan fingerprint density at radius 2 is 2.45 bits per heavy atom. The topological polar surface area (TPSA) is 41.5 Å². The minimum absolute atomic E-state index is 0.0486. The number of amides is 2. The van der Waals surface area contributed by atoms with Gasteiger partial charge < -0.3 is 5.32 Å². The predicted molar refractivity (Wildman–Crippen MR) is 45.9 cm³/mol. The first-order valence-corrected chi connectivity index (χ1v) is 3.99. The number of aliphatic imine (C=N–C) groups is 1. The number of allylic oxidation sites excluding steroid dienone is 2. The summed E-state index contributed by atoms with van der Waals surface area (Å²) in [4.78, 5) is 14.5. The first-order chi connectivity index (χ1) is 5.27. The highest BCUT2D eigenvalue weighted by Gasteiger charge is 2.27. The average Bonchev–Trinajstić information content (AvgIpc) is 2.31. The lowest BCUT2D eigenvalue weighted by Crippen LogP contribution is -2.32. The van der Waals surface area contributed by atoms with Crippen LogP contribution in [0.2, 0.25) is 0 Å². The molecule has 1 aliphatic heterocycles. The van der Waals surface area contributed by atoms with Crippen LogP contribution in [0.3, 0.4) is 0 Å². The molecule has 1 unspecified atom stereocenters. The van der Waals surface area contributed by atoms with Crippen molar-refractivity contribution in [2.75, 3.05) is 0 Å². The summed E-state index contributed by atoms with van der Waals surface area (Å²) in [6.45, 7) is 0. The Morgan fingerprint density at radius 3 is 3.18 bits per heavy atom. The molecule has 3 nitrogen and oxygen atoms in total. The molecule has 1 heterocycles. The Hall–Kier alpha value is -0.900. The van der Waals surface area contributed by atoms with Crippen molar-refractivity contribution in [1.29, 1.82) is 0 Å². The predicted octanol–water partition coefficient (Wildman–Crippen LogP) is 1.37. The molecule has 0 radical (unpaired) electrons. The van der Waals surface area contributed by atoms with Crippen LogP contribution in [0.25, 0.3) is 0 Å². The van der Waals surface area contributed by atoms with E-state index in [0.29, 0.717) is 0 Å². The maximum Gasteiger partial charge on any atom is 0.342 e. The van der Waals surface area contributed by atoms with Crippen molar-refractivity contribution in [2.24, 2.45) is 4.99 Å². The third-order valence-electron chi connectivity index (χ3n) is 1.59. The zero-order valence-electron chi connectivity index (χ0n) is 5.54. The van der Waals surface area contributed by atoms with Gasteiger partial charge in [-0.05, 0) is 12.2 Å². The molecular formula is C7H5BrN2O. The highest BCUT2D eigenvalue weighted by Crippen LogP contribution is 2.20. The second-order valence-corrected chi connectivity index (χ2v) is 3.25. The van der Waals surface area contributed by atoms with Crippen LogP contribution in [0.4, 0.5) is 4.79 Å². The quantitative estimate of drug-likeness (QED) is 0.648. The van der Waals surface area contributed by atoms with Gasteiger partial charge in [0.1, 0.15) is 6.04 Å². The van der Waals surface area contributed by atoms with Gasteiger partial charge in [-0.25, -0.2) is 4.79 Å². The van der Waals surface area contributed by atoms with E-state index in [0.717, 1.165) is 10.2 Å². The zero-order chi connectivity index (χ0) is 7.84. The summed E-state index contributed by atoms with van der Waals surface area (Å²) in [5, 5.41) is 2.70. The summed E-state index contributed by atoms with van der Waals surface area (Å²) in [6, 6.07) is -0.311. The number of hydrogen-bond donors (Lipinski definition) is 1.